The summed E-state index contributed by atoms with van der Waals surface area (Å²) in [4.78, 5) is 4.36. The summed E-state index contributed by atoms with van der Waals surface area (Å²) in [6.07, 6.45) is 2.49. The van der Waals surface area contributed by atoms with Crippen molar-refractivity contribution >= 4 is 27.8 Å². The first-order chi connectivity index (χ1) is 13.8. The van der Waals surface area contributed by atoms with E-state index in [1.165, 1.54) is 40.1 Å². The Labute approximate surface area is 245 Å². The van der Waals surface area contributed by atoms with Crippen molar-refractivity contribution in [1.82, 2.24) is 9.80 Å². The van der Waals surface area contributed by atoms with E-state index in [1.54, 1.807) is 0 Å². The molecule has 0 aromatic heterocycles. The second-order valence-corrected chi connectivity index (χ2v) is 12.9. The van der Waals surface area contributed by atoms with Gasteiger partial charge in [-0.2, -0.15) is 24.5 Å². The van der Waals surface area contributed by atoms with Gasteiger partial charge in [0.05, 0.1) is 0 Å². The van der Waals surface area contributed by atoms with Crippen molar-refractivity contribution in [3.8, 4) is 0 Å². The summed E-state index contributed by atoms with van der Waals surface area (Å²) in [5.41, 5.74) is 0.914. The maximum absolute atomic E-state index is 2.28. The summed E-state index contributed by atoms with van der Waals surface area (Å²) in [5.74, 6) is 0. The van der Waals surface area contributed by atoms with E-state index in [0.29, 0.717) is 10.8 Å². The Morgan fingerprint density at radius 2 is 1.24 bits per heavy atom. The Morgan fingerprint density at radius 1 is 0.788 bits per heavy atom. The van der Waals surface area contributed by atoms with Gasteiger partial charge in [0.1, 0.15) is 0 Å². The molecule has 2 rings (SSSR count). The summed E-state index contributed by atoms with van der Waals surface area (Å²) in [7, 11) is 11.3. The molecule has 0 spiro atoms. The van der Waals surface area contributed by atoms with Crippen molar-refractivity contribution in [2.24, 2.45) is 10.8 Å². The Kier molecular flexibility index (Phi) is 28.0. The molecule has 0 unspecified atom stereocenters. The van der Waals surface area contributed by atoms with Crippen LogP contribution in [0.2, 0.25) is 0 Å². The molecule has 180 valence electrons. The van der Waals surface area contributed by atoms with E-state index in [1.807, 2.05) is 0 Å². The van der Waals surface area contributed by atoms with E-state index in [4.69, 9.17) is 0 Å². The fourth-order valence-corrected chi connectivity index (χ4v) is 4.08. The third-order valence-electron chi connectivity index (χ3n) is 3.76. The zero-order valence-corrected chi connectivity index (χ0v) is 26.5. The van der Waals surface area contributed by atoms with E-state index in [9.17, 15) is 0 Å². The van der Waals surface area contributed by atoms with Crippen molar-refractivity contribution in [2.45, 2.75) is 41.5 Å². The van der Waals surface area contributed by atoms with E-state index < -0.39 is 0 Å². The van der Waals surface area contributed by atoms with Crippen LogP contribution in [0.25, 0.3) is 0 Å². The smallest absolute Gasteiger partial charge is 0.582 e. The molecule has 0 aliphatic rings. The summed E-state index contributed by atoms with van der Waals surface area (Å²) in [6.45, 7) is 16.0. The fraction of sp³-hybridized carbons (Fsp3) is 0.615. The van der Waals surface area contributed by atoms with Crippen LogP contribution < -0.4 is 48.3 Å². The van der Waals surface area contributed by atoms with Crippen LogP contribution in [0.5, 0.6) is 0 Å². The van der Waals surface area contributed by atoms with E-state index >= 15 is 0 Å². The minimum absolute atomic E-state index is 0. The average molecular weight is 518 g/mol. The first-order valence-corrected chi connectivity index (χ1v) is 13.0. The molecule has 0 fully saturated rings. The third-order valence-corrected chi connectivity index (χ3v) is 7.30. The second kappa shape index (κ2) is 22.4. The Balaban J connectivity index is -0.000000186. The maximum atomic E-state index is 2.28. The SMILES string of the molecule is CC(C)(C)C[P-][c-]1cccc1.CC(C)(C)C[P-]c1ccc[cH-]1.CN(C)CCN(C)C.[Fe+2].[Li+].[Li+]. The summed E-state index contributed by atoms with van der Waals surface area (Å²) in [5, 5.41) is 2.89. The largest absolute Gasteiger partial charge is 2.00 e. The van der Waals surface area contributed by atoms with Gasteiger partial charge in [-0.1, -0.05) is 52.4 Å². The molecule has 33 heavy (non-hydrogen) atoms. The van der Waals surface area contributed by atoms with Crippen molar-refractivity contribution in [3.63, 3.8) is 0 Å². The first-order valence-electron chi connectivity index (χ1n) is 10.9. The topological polar surface area (TPSA) is 6.48 Å². The molecule has 7 heteroatoms. The van der Waals surface area contributed by atoms with Gasteiger partial charge in [-0.15, -0.1) is 0 Å². The summed E-state index contributed by atoms with van der Waals surface area (Å²) < 4.78 is 0. The van der Waals surface area contributed by atoms with Crippen molar-refractivity contribution < 1.29 is 54.8 Å². The second-order valence-electron chi connectivity index (χ2n) is 10.6. The van der Waals surface area contributed by atoms with Crippen LogP contribution in [0.1, 0.15) is 41.5 Å². The van der Waals surface area contributed by atoms with Crippen molar-refractivity contribution in [2.75, 3.05) is 53.6 Å². The van der Waals surface area contributed by atoms with Crippen LogP contribution >= 0.6 is 17.2 Å². The first kappa shape index (κ1) is 41.3. The minimum Gasteiger partial charge on any atom is -0.582 e. The van der Waals surface area contributed by atoms with Crippen LogP contribution in [0.4, 0.5) is 0 Å². The van der Waals surface area contributed by atoms with Crippen LogP contribution in [-0.4, -0.2) is 63.4 Å². The standard InChI is InChI=1S/2C10H15P.C6H16N2.Fe.2Li/c2*1-10(2,3)8-11-9-6-4-5-7-9;1-7(2)5-6-8(3)4;;;/h2*4-7H,8H2,1-3H3;5-6H2,1-4H3;;;/q2*-2;;+2;2*+1. The Bertz CT molecular complexity index is 562. The average Bonchev–Trinajstić information content (AvgIpc) is 3.30. The predicted molar refractivity (Wildman–Crippen MR) is 143 cm³/mol. The molecule has 0 bridgehead atoms. The molecular formula is C26H46FeLi2N2P2. The molecule has 0 N–H and O–H groups in total. The molecule has 0 saturated carbocycles. The van der Waals surface area contributed by atoms with E-state index in [0.717, 1.165) is 13.1 Å². The van der Waals surface area contributed by atoms with Crippen LogP contribution in [0.3, 0.4) is 0 Å². The number of likely N-dealkylation sites (N-methyl/N-ethyl adjacent to an activating group) is 2. The van der Waals surface area contributed by atoms with E-state index in [-0.39, 0.29) is 54.8 Å². The number of hydrogen-bond acceptors (Lipinski definition) is 2. The zero-order valence-electron chi connectivity index (χ0n) is 23.6. The molecular weight excluding hydrogens is 472 g/mol. The molecule has 0 aliphatic heterocycles. The van der Waals surface area contributed by atoms with Gasteiger partial charge in [0, 0.05) is 13.1 Å². The van der Waals surface area contributed by atoms with Gasteiger partial charge in [-0.25, -0.2) is 36.4 Å². The predicted octanol–water partition coefficient (Wildman–Crippen LogP) is 0.161. The molecule has 0 saturated heterocycles. The monoisotopic (exact) mass is 518 g/mol. The molecule has 0 heterocycles. The molecule has 2 nitrogen and oxygen atoms in total. The van der Waals surface area contributed by atoms with Gasteiger partial charge in [0.25, 0.3) is 0 Å². The van der Waals surface area contributed by atoms with Crippen molar-refractivity contribution in [3.05, 3.63) is 48.5 Å². The van der Waals surface area contributed by atoms with Gasteiger partial charge in [-0.05, 0) is 28.2 Å². The molecule has 0 amide bonds. The quantitative estimate of drug-likeness (QED) is 0.293. The Hall–Kier alpha value is 1.19. The normalized spacial score (nSPS) is 11.4. The molecule has 0 aliphatic carbocycles. The molecule has 2 aromatic rings. The fourth-order valence-electron chi connectivity index (χ4n) is 2.00. The molecule has 0 atom stereocenters. The van der Waals surface area contributed by atoms with Gasteiger partial charge < -0.3 is 37.6 Å². The number of hydrogen-bond donors (Lipinski definition) is 0. The zero-order chi connectivity index (χ0) is 23.2. The van der Waals surface area contributed by atoms with Gasteiger partial charge >= 0.3 is 54.8 Å². The van der Waals surface area contributed by atoms with Crippen LogP contribution in [-0.2, 0) is 17.1 Å². The third kappa shape index (κ3) is 31.2. The summed E-state index contributed by atoms with van der Waals surface area (Å²) >= 11 is 0. The van der Waals surface area contributed by atoms with Crippen LogP contribution in [0, 0.1) is 10.8 Å². The number of rotatable bonds is 7. The number of nitrogens with zero attached hydrogens (tertiary/aromatic N) is 2. The van der Waals surface area contributed by atoms with Crippen LogP contribution in [0.15, 0.2) is 48.5 Å². The Morgan fingerprint density at radius 3 is 1.58 bits per heavy atom. The maximum Gasteiger partial charge on any atom is 2.00 e. The van der Waals surface area contributed by atoms with Gasteiger partial charge in [0.2, 0.25) is 0 Å². The van der Waals surface area contributed by atoms with Crippen molar-refractivity contribution in [1.29, 1.82) is 0 Å². The molecule has 2 aromatic carbocycles. The van der Waals surface area contributed by atoms with Gasteiger partial charge in [-0.3, -0.25) is 0 Å². The molecule has 0 radical (unpaired) electrons. The summed E-state index contributed by atoms with van der Waals surface area (Å²) in [6, 6.07) is 17.2. The van der Waals surface area contributed by atoms with E-state index in [2.05, 4.69) is 128 Å². The minimum atomic E-state index is 0. The van der Waals surface area contributed by atoms with Gasteiger partial charge in [0.15, 0.2) is 0 Å².